The number of anilines is 2. The number of rotatable bonds is 5. The predicted molar refractivity (Wildman–Crippen MR) is 70.7 cm³/mol. The van der Waals surface area contributed by atoms with Gasteiger partial charge in [0.1, 0.15) is 6.33 Å². The van der Waals surface area contributed by atoms with Gasteiger partial charge in [0.15, 0.2) is 0 Å². The van der Waals surface area contributed by atoms with E-state index in [-0.39, 0.29) is 12.0 Å². The summed E-state index contributed by atoms with van der Waals surface area (Å²) in [7, 11) is 0. The summed E-state index contributed by atoms with van der Waals surface area (Å²) in [5.41, 5.74) is 5.66. The monoisotopic (exact) mass is 263 g/mol. The Labute approximate surface area is 110 Å². The molecule has 0 aliphatic carbocycles. The van der Waals surface area contributed by atoms with Crippen molar-refractivity contribution >= 4 is 11.9 Å². The zero-order chi connectivity index (χ0) is 13.8. The fraction of sp³-hybridized carbons (Fsp3) is 0.455. The van der Waals surface area contributed by atoms with E-state index in [0.29, 0.717) is 18.3 Å². The first kappa shape index (κ1) is 13.2. The van der Waals surface area contributed by atoms with Crippen LogP contribution in [0.1, 0.15) is 20.3 Å². The van der Waals surface area contributed by atoms with Gasteiger partial charge in [0.2, 0.25) is 17.8 Å². The standard InChI is InChI=1S/C11H17N7O/c1-7(5-8(2)19)14-10-15-9(12)16-11(17-10)18-4-3-13-6-18/h3-4,6-8,19H,5H2,1-2H3,(H3,12,14,15,16,17). The first-order chi connectivity index (χ1) is 9.04. The summed E-state index contributed by atoms with van der Waals surface area (Å²) in [6.07, 6.45) is 5.12. The largest absolute Gasteiger partial charge is 0.393 e. The smallest absolute Gasteiger partial charge is 0.241 e. The molecule has 0 radical (unpaired) electrons. The molecule has 2 heterocycles. The summed E-state index contributed by atoms with van der Waals surface area (Å²) in [6.45, 7) is 3.67. The summed E-state index contributed by atoms with van der Waals surface area (Å²) < 4.78 is 1.64. The Morgan fingerprint density at radius 3 is 2.79 bits per heavy atom. The second-order valence-corrected chi connectivity index (χ2v) is 4.42. The lowest BCUT2D eigenvalue weighted by molar-refractivity contribution is 0.179. The molecule has 8 heteroatoms. The van der Waals surface area contributed by atoms with Gasteiger partial charge in [0.05, 0.1) is 6.10 Å². The summed E-state index contributed by atoms with van der Waals surface area (Å²) in [6, 6.07) is 0.0254. The van der Waals surface area contributed by atoms with Gasteiger partial charge >= 0.3 is 0 Å². The Bertz CT molecular complexity index is 526. The molecular weight excluding hydrogens is 246 g/mol. The normalized spacial score (nSPS) is 14.1. The van der Waals surface area contributed by atoms with Crippen LogP contribution in [0, 0.1) is 0 Å². The van der Waals surface area contributed by atoms with Crippen LogP contribution in [-0.2, 0) is 0 Å². The fourth-order valence-electron chi connectivity index (χ4n) is 1.73. The summed E-state index contributed by atoms with van der Waals surface area (Å²) in [4.78, 5) is 16.2. The van der Waals surface area contributed by atoms with Crippen LogP contribution >= 0.6 is 0 Å². The van der Waals surface area contributed by atoms with E-state index < -0.39 is 6.10 Å². The molecule has 8 nitrogen and oxygen atoms in total. The Morgan fingerprint density at radius 1 is 1.37 bits per heavy atom. The number of hydrogen-bond acceptors (Lipinski definition) is 7. The minimum Gasteiger partial charge on any atom is -0.393 e. The highest BCUT2D eigenvalue weighted by Gasteiger charge is 2.10. The molecule has 19 heavy (non-hydrogen) atoms. The van der Waals surface area contributed by atoms with E-state index in [2.05, 4.69) is 25.3 Å². The predicted octanol–water partition coefficient (Wildman–Crippen LogP) is 0.211. The molecule has 4 N–H and O–H groups in total. The van der Waals surface area contributed by atoms with Crippen molar-refractivity contribution < 1.29 is 5.11 Å². The molecule has 2 atom stereocenters. The van der Waals surface area contributed by atoms with E-state index in [1.165, 1.54) is 0 Å². The maximum Gasteiger partial charge on any atom is 0.241 e. The Morgan fingerprint density at radius 2 is 2.16 bits per heavy atom. The van der Waals surface area contributed by atoms with Crippen molar-refractivity contribution in [2.45, 2.75) is 32.4 Å². The van der Waals surface area contributed by atoms with E-state index in [1.807, 2.05) is 6.92 Å². The van der Waals surface area contributed by atoms with Crippen LogP contribution in [0.15, 0.2) is 18.7 Å². The van der Waals surface area contributed by atoms with E-state index in [9.17, 15) is 5.11 Å². The second-order valence-electron chi connectivity index (χ2n) is 4.42. The quantitative estimate of drug-likeness (QED) is 0.706. The van der Waals surface area contributed by atoms with Crippen molar-refractivity contribution in [2.75, 3.05) is 11.1 Å². The first-order valence-corrected chi connectivity index (χ1v) is 5.99. The van der Waals surface area contributed by atoms with Crippen molar-refractivity contribution in [2.24, 2.45) is 0 Å². The Kier molecular flexibility index (Phi) is 3.91. The Balaban J connectivity index is 2.18. The third-order valence-electron chi connectivity index (χ3n) is 2.45. The molecule has 0 aromatic carbocycles. The maximum absolute atomic E-state index is 9.33. The molecule has 0 bridgehead atoms. The third-order valence-corrected chi connectivity index (χ3v) is 2.45. The van der Waals surface area contributed by atoms with E-state index in [1.54, 1.807) is 30.2 Å². The van der Waals surface area contributed by atoms with Crippen LogP contribution in [0.25, 0.3) is 5.95 Å². The number of hydrogen-bond donors (Lipinski definition) is 3. The average Bonchev–Trinajstić information content (AvgIpc) is 2.79. The van der Waals surface area contributed by atoms with Gasteiger partial charge in [-0.25, -0.2) is 4.98 Å². The van der Waals surface area contributed by atoms with Crippen molar-refractivity contribution in [1.29, 1.82) is 0 Å². The number of aliphatic hydroxyl groups excluding tert-OH is 1. The molecule has 102 valence electrons. The molecule has 0 saturated heterocycles. The molecule has 2 unspecified atom stereocenters. The first-order valence-electron chi connectivity index (χ1n) is 5.99. The molecule has 0 fully saturated rings. The molecule has 2 aromatic heterocycles. The van der Waals surface area contributed by atoms with Gasteiger partial charge in [0, 0.05) is 18.4 Å². The lowest BCUT2D eigenvalue weighted by Gasteiger charge is -2.15. The van der Waals surface area contributed by atoms with Crippen molar-refractivity contribution in [3.63, 3.8) is 0 Å². The van der Waals surface area contributed by atoms with Gasteiger partial charge in [-0.2, -0.15) is 15.0 Å². The van der Waals surface area contributed by atoms with Gasteiger partial charge in [-0.05, 0) is 20.3 Å². The van der Waals surface area contributed by atoms with Crippen LogP contribution in [0.2, 0.25) is 0 Å². The highest BCUT2D eigenvalue weighted by molar-refractivity contribution is 5.35. The molecule has 0 aliphatic heterocycles. The van der Waals surface area contributed by atoms with Crippen LogP contribution in [0.5, 0.6) is 0 Å². The van der Waals surface area contributed by atoms with Crippen molar-refractivity contribution in [1.82, 2.24) is 24.5 Å². The average molecular weight is 263 g/mol. The molecule has 2 aromatic rings. The summed E-state index contributed by atoms with van der Waals surface area (Å²) in [5, 5.41) is 12.4. The van der Waals surface area contributed by atoms with E-state index in [0.717, 1.165) is 0 Å². The van der Waals surface area contributed by atoms with Crippen molar-refractivity contribution in [3.8, 4) is 5.95 Å². The highest BCUT2D eigenvalue weighted by atomic mass is 16.3. The van der Waals surface area contributed by atoms with Crippen LogP contribution in [-0.4, -0.2) is 41.8 Å². The summed E-state index contributed by atoms with van der Waals surface area (Å²) >= 11 is 0. The number of aromatic nitrogens is 5. The maximum atomic E-state index is 9.33. The third kappa shape index (κ3) is 3.62. The van der Waals surface area contributed by atoms with Gasteiger partial charge in [-0.1, -0.05) is 0 Å². The zero-order valence-electron chi connectivity index (χ0n) is 10.9. The molecule has 0 aliphatic rings. The second kappa shape index (κ2) is 5.61. The number of nitrogens with zero attached hydrogens (tertiary/aromatic N) is 5. The van der Waals surface area contributed by atoms with Crippen LogP contribution < -0.4 is 11.1 Å². The van der Waals surface area contributed by atoms with E-state index >= 15 is 0 Å². The molecule has 0 saturated carbocycles. The van der Waals surface area contributed by atoms with Gasteiger partial charge < -0.3 is 16.2 Å². The number of nitrogen functional groups attached to an aromatic ring is 1. The van der Waals surface area contributed by atoms with Gasteiger partial charge in [-0.3, -0.25) is 4.57 Å². The molecule has 0 spiro atoms. The number of nitrogens with two attached hydrogens (primary N) is 1. The number of imidazole rings is 1. The topological polar surface area (TPSA) is 115 Å². The molecule has 0 amide bonds. The molecular formula is C11H17N7O. The minimum atomic E-state index is -0.394. The van der Waals surface area contributed by atoms with Crippen molar-refractivity contribution in [3.05, 3.63) is 18.7 Å². The SMILES string of the molecule is CC(O)CC(C)Nc1nc(N)nc(-n2ccnc2)n1. The lowest BCUT2D eigenvalue weighted by atomic mass is 10.2. The zero-order valence-corrected chi connectivity index (χ0v) is 10.9. The highest BCUT2D eigenvalue weighted by Crippen LogP contribution is 2.09. The van der Waals surface area contributed by atoms with Gasteiger partial charge in [-0.15, -0.1) is 0 Å². The van der Waals surface area contributed by atoms with Crippen LogP contribution in [0.3, 0.4) is 0 Å². The lowest BCUT2D eigenvalue weighted by Crippen LogP contribution is -2.22. The number of nitrogens with one attached hydrogen (secondary N) is 1. The fourth-order valence-corrected chi connectivity index (χ4v) is 1.73. The minimum absolute atomic E-state index is 0.0254. The number of aliphatic hydroxyl groups is 1. The van der Waals surface area contributed by atoms with Crippen LogP contribution in [0.4, 0.5) is 11.9 Å². The molecule has 2 rings (SSSR count). The van der Waals surface area contributed by atoms with E-state index in [4.69, 9.17) is 5.73 Å². The Hall–Kier alpha value is -2.22. The van der Waals surface area contributed by atoms with Gasteiger partial charge in [0.25, 0.3) is 0 Å². The summed E-state index contributed by atoms with van der Waals surface area (Å²) in [5.74, 6) is 0.909.